The van der Waals surface area contributed by atoms with Gasteiger partial charge in [-0.15, -0.1) is 0 Å². The molecule has 0 nitrogen and oxygen atoms in total. The molecule has 0 aliphatic carbocycles. The van der Waals surface area contributed by atoms with Crippen LogP contribution in [0.15, 0.2) is 109 Å². The van der Waals surface area contributed by atoms with Gasteiger partial charge in [-0.2, -0.15) is 0 Å². The van der Waals surface area contributed by atoms with Crippen molar-refractivity contribution in [2.45, 2.75) is 6.42 Å². The summed E-state index contributed by atoms with van der Waals surface area (Å²) in [5, 5.41) is 0. The van der Waals surface area contributed by atoms with Crippen LogP contribution in [-0.2, 0) is 6.42 Å². The number of benzene rings is 6. The molecule has 0 aliphatic rings. The maximum atomic E-state index is 13.7. The van der Waals surface area contributed by atoms with Gasteiger partial charge in [0.1, 0.15) is 11.6 Å². The van der Waals surface area contributed by atoms with Gasteiger partial charge in [-0.3, -0.25) is 0 Å². The first-order valence-electron chi connectivity index (χ1n) is 13.7. The molecule has 0 fully saturated rings. The second kappa shape index (κ2) is 15.0. The summed E-state index contributed by atoms with van der Waals surface area (Å²) in [6.07, 6.45) is 0.855. The van der Waals surface area contributed by atoms with E-state index in [4.69, 9.17) is 0 Å². The molecule has 6 aromatic rings. The van der Waals surface area contributed by atoms with Gasteiger partial charge in [-0.05, 0) is 222 Å². The van der Waals surface area contributed by atoms with Crippen molar-refractivity contribution in [1.82, 2.24) is 0 Å². The van der Waals surface area contributed by atoms with E-state index in [-0.39, 0.29) is 11.6 Å². The maximum absolute atomic E-state index is 13.7. The molecular weight excluding hydrogens is 1240 g/mol. The first-order chi connectivity index (χ1) is 21.6. The van der Waals surface area contributed by atoms with Crippen LogP contribution in [0.4, 0.5) is 8.78 Å². The smallest absolute Gasteiger partial charge is 0.136 e. The molecule has 8 heteroatoms. The van der Waals surface area contributed by atoms with E-state index in [1.54, 1.807) is 0 Å². The highest BCUT2D eigenvalue weighted by atomic mass is 127. The lowest BCUT2D eigenvalue weighted by atomic mass is 9.96. The van der Waals surface area contributed by atoms with Crippen LogP contribution in [0.1, 0.15) is 11.1 Å². The second-order valence-corrected chi connectivity index (χ2v) is 17.0. The summed E-state index contributed by atoms with van der Waals surface area (Å²) in [5.41, 5.74) is 11.5. The largest absolute Gasteiger partial charge is 0.206 e. The summed E-state index contributed by atoms with van der Waals surface area (Å²) in [5.74, 6) is -0.380. The molecule has 6 rings (SSSR count). The fourth-order valence-corrected chi connectivity index (χ4v) is 9.17. The van der Waals surface area contributed by atoms with Gasteiger partial charge in [0.15, 0.2) is 0 Å². The Morgan fingerprint density at radius 2 is 0.689 bits per heavy atom. The molecule has 0 atom stereocenters. The zero-order chi connectivity index (χ0) is 31.8. The van der Waals surface area contributed by atoms with Gasteiger partial charge in [0.25, 0.3) is 0 Å². The number of hydrogen-bond acceptors (Lipinski definition) is 0. The van der Waals surface area contributed by atoms with E-state index in [0.717, 1.165) is 39.8 Å². The molecule has 0 amide bonds. The minimum Gasteiger partial charge on any atom is -0.206 e. The SMILES string of the molecule is Fc1ccc(-c2ccc(-c3ccc(Cc4ccc(-c5ccc(-c6ccc(F)c(I)c6)cc5)c(I)c4I)c(I)c3I)cc2)cc1I. The van der Waals surface area contributed by atoms with Gasteiger partial charge in [0, 0.05) is 21.4 Å². The zero-order valence-corrected chi connectivity index (χ0v) is 36.1. The van der Waals surface area contributed by atoms with Crippen LogP contribution < -0.4 is 0 Å². The predicted molar refractivity (Wildman–Crippen MR) is 234 cm³/mol. The van der Waals surface area contributed by atoms with E-state index in [9.17, 15) is 8.78 Å². The number of halogens is 8. The van der Waals surface area contributed by atoms with Crippen LogP contribution in [-0.4, -0.2) is 0 Å². The molecule has 0 aliphatic heterocycles. The van der Waals surface area contributed by atoms with Crippen molar-refractivity contribution in [2.75, 3.05) is 0 Å². The standard InChI is InChI=1S/C37H20F2I6/c38-30-15-11-24(18-32(30)40)20-1-5-22(6-2-20)28-13-9-26(34(42)36(28)44)17-27-10-14-29(37(45)35(27)43)23-7-3-21(4-8-23)25-12-16-31(39)33(41)19-25/h1-16,18-19H,17H2. The average molecular weight is 1260 g/mol. The summed E-state index contributed by atoms with van der Waals surface area (Å²) in [4.78, 5) is 0. The van der Waals surface area contributed by atoms with Crippen LogP contribution in [0.5, 0.6) is 0 Å². The Morgan fingerprint density at radius 3 is 1.04 bits per heavy atom. The number of rotatable bonds is 6. The van der Waals surface area contributed by atoms with Gasteiger partial charge in [0.05, 0.1) is 0 Å². The Balaban J connectivity index is 1.22. The Kier molecular flexibility index (Phi) is 11.5. The normalized spacial score (nSPS) is 11.2. The van der Waals surface area contributed by atoms with E-state index in [0.29, 0.717) is 7.14 Å². The lowest BCUT2D eigenvalue weighted by molar-refractivity contribution is 0.620. The van der Waals surface area contributed by atoms with Crippen LogP contribution in [0.25, 0.3) is 44.5 Å². The quantitative estimate of drug-likeness (QED) is 0.146. The van der Waals surface area contributed by atoms with Crippen LogP contribution in [0.2, 0.25) is 0 Å². The summed E-state index contributed by atoms with van der Waals surface area (Å²) < 4.78 is 33.8. The van der Waals surface area contributed by atoms with Crippen molar-refractivity contribution in [1.29, 1.82) is 0 Å². The molecule has 0 bridgehead atoms. The van der Waals surface area contributed by atoms with Gasteiger partial charge >= 0.3 is 0 Å². The lowest BCUT2D eigenvalue weighted by Gasteiger charge is -2.15. The summed E-state index contributed by atoms with van der Waals surface area (Å²) in [6.45, 7) is 0. The Labute approximate surface area is 343 Å². The van der Waals surface area contributed by atoms with Crippen molar-refractivity contribution < 1.29 is 8.78 Å². The zero-order valence-electron chi connectivity index (χ0n) is 23.1. The molecular formula is C37H20F2I6. The average Bonchev–Trinajstić information content (AvgIpc) is 3.05. The lowest BCUT2D eigenvalue weighted by Crippen LogP contribution is -2.00. The highest BCUT2D eigenvalue weighted by Crippen LogP contribution is 2.36. The van der Waals surface area contributed by atoms with E-state index in [2.05, 4.69) is 163 Å². The summed E-state index contributed by atoms with van der Waals surface area (Å²) >= 11 is 14.0. The second-order valence-electron chi connectivity index (χ2n) is 10.4. The van der Waals surface area contributed by atoms with Crippen LogP contribution in [0, 0.1) is 33.1 Å². The minimum absolute atomic E-state index is 0.190. The molecule has 45 heavy (non-hydrogen) atoms. The van der Waals surface area contributed by atoms with Crippen molar-refractivity contribution in [3.63, 3.8) is 0 Å². The minimum atomic E-state index is -0.190. The van der Waals surface area contributed by atoms with Crippen molar-refractivity contribution >= 4 is 136 Å². The summed E-state index contributed by atoms with van der Waals surface area (Å²) in [7, 11) is 0. The van der Waals surface area contributed by atoms with Gasteiger partial charge in [-0.1, -0.05) is 84.9 Å². The van der Waals surface area contributed by atoms with E-state index in [1.165, 1.54) is 48.7 Å². The number of hydrogen-bond donors (Lipinski definition) is 0. The Morgan fingerprint density at radius 1 is 0.356 bits per heavy atom. The predicted octanol–water partition coefficient (Wildman–Crippen LogP) is 13.9. The van der Waals surface area contributed by atoms with Gasteiger partial charge in [-0.25, -0.2) is 8.78 Å². The molecule has 0 saturated carbocycles. The fraction of sp³-hybridized carbons (Fsp3) is 0.0270. The maximum Gasteiger partial charge on any atom is 0.136 e. The molecule has 0 N–H and O–H groups in total. The molecule has 224 valence electrons. The third kappa shape index (κ3) is 7.59. The van der Waals surface area contributed by atoms with E-state index in [1.807, 2.05) is 69.4 Å². The highest BCUT2D eigenvalue weighted by Gasteiger charge is 2.16. The van der Waals surface area contributed by atoms with Crippen LogP contribution >= 0.6 is 136 Å². The molecule has 0 radical (unpaired) electrons. The van der Waals surface area contributed by atoms with E-state index < -0.39 is 0 Å². The highest BCUT2D eigenvalue weighted by molar-refractivity contribution is 14.1. The van der Waals surface area contributed by atoms with Crippen molar-refractivity contribution in [3.8, 4) is 44.5 Å². The fourth-order valence-electron chi connectivity index (χ4n) is 5.14. The van der Waals surface area contributed by atoms with Gasteiger partial charge < -0.3 is 0 Å². The topological polar surface area (TPSA) is 0 Å². The van der Waals surface area contributed by atoms with Crippen molar-refractivity contribution in [2.24, 2.45) is 0 Å². The van der Waals surface area contributed by atoms with Gasteiger partial charge in [0.2, 0.25) is 0 Å². The third-order valence-corrected chi connectivity index (χ3v) is 16.0. The monoisotopic (exact) mass is 1260 g/mol. The Bertz CT molecular complexity index is 1910. The van der Waals surface area contributed by atoms with Crippen LogP contribution in [0.3, 0.4) is 0 Å². The molecule has 6 aromatic carbocycles. The molecule has 0 heterocycles. The summed E-state index contributed by atoms with van der Waals surface area (Å²) in [6, 6.07) is 36.5. The van der Waals surface area contributed by atoms with Crippen molar-refractivity contribution in [3.05, 3.63) is 153 Å². The molecule has 0 spiro atoms. The molecule has 0 unspecified atom stereocenters. The first-order valence-corrected chi connectivity index (χ1v) is 20.1. The van der Waals surface area contributed by atoms with E-state index >= 15 is 0 Å². The molecule has 0 saturated heterocycles. The first kappa shape index (κ1) is 34.4. The Hall–Kier alpha value is -0.440. The molecule has 0 aromatic heterocycles. The third-order valence-electron chi connectivity index (χ3n) is 7.60.